The predicted molar refractivity (Wildman–Crippen MR) is 213 cm³/mol. The van der Waals surface area contributed by atoms with E-state index in [-0.39, 0.29) is 44.7 Å². The van der Waals surface area contributed by atoms with E-state index in [0.717, 1.165) is 18.0 Å². The quantitative estimate of drug-likeness (QED) is 0.129. The van der Waals surface area contributed by atoms with E-state index < -0.39 is 58.9 Å². The summed E-state index contributed by atoms with van der Waals surface area (Å²) in [5.41, 5.74) is -0.649. The van der Waals surface area contributed by atoms with Crippen molar-refractivity contribution in [1.29, 1.82) is 0 Å². The Hall–Kier alpha value is -4.96. The van der Waals surface area contributed by atoms with E-state index >= 15 is 0 Å². The van der Waals surface area contributed by atoms with Gasteiger partial charge >= 0.3 is 12.1 Å². The van der Waals surface area contributed by atoms with Gasteiger partial charge in [0, 0.05) is 41.3 Å². The molecule has 15 nitrogen and oxygen atoms in total. The molecule has 3 aromatic rings. The molecule has 16 heteroatoms. The van der Waals surface area contributed by atoms with Crippen LogP contribution in [0.5, 0.6) is 11.5 Å². The van der Waals surface area contributed by atoms with Crippen LogP contribution in [0.2, 0.25) is 0 Å². The number of rotatable bonds is 15. The molecule has 2 aromatic heterocycles. The van der Waals surface area contributed by atoms with E-state index in [9.17, 15) is 29.4 Å². The third kappa shape index (κ3) is 8.66. The number of hydrogen-bond donors (Lipinski definition) is 5. The van der Waals surface area contributed by atoms with Crippen LogP contribution in [0.15, 0.2) is 42.3 Å². The Labute approximate surface area is 335 Å². The van der Waals surface area contributed by atoms with Crippen molar-refractivity contribution < 1.29 is 43.6 Å². The number of fused-ring (bicyclic) bond motifs is 2. The van der Waals surface area contributed by atoms with Crippen LogP contribution >= 0.6 is 11.3 Å². The van der Waals surface area contributed by atoms with Gasteiger partial charge in [-0.1, -0.05) is 26.8 Å². The van der Waals surface area contributed by atoms with E-state index in [4.69, 9.17) is 24.2 Å². The molecule has 3 amide bonds. The number of nitrogens with one attached hydrogen (secondary N) is 3. The van der Waals surface area contributed by atoms with Crippen LogP contribution in [0.4, 0.5) is 9.93 Å². The van der Waals surface area contributed by atoms with Gasteiger partial charge in [0.15, 0.2) is 5.13 Å². The Balaban J connectivity index is 1.19. The minimum absolute atomic E-state index is 0.0346. The van der Waals surface area contributed by atoms with Gasteiger partial charge in [-0.3, -0.25) is 9.59 Å². The lowest BCUT2D eigenvalue weighted by Crippen LogP contribution is -2.59. The highest BCUT2D eigenvalue weighted by Crippen LogP contribution is 2.52. The molecular weight excluding hydrogens is 753 g/mol. The van der Waals surface area contributed by atoms with Crippen LogP contribution in [0, 0.1) is 23.2 Å². The van der Waals surface area contributed by atoms with E-state index in [2.05, 4.69) is 22.5 Å². The molecule has 1 aliphatic heterocycles. The molecule has 5 N–H and O–H groups in total. The first kappa shape index (κ1) is 40.2. The number of alkyl carbamates (subject to hydrolysis) is 1. The van der Waals surface area contributed by atoms with E-state index in [1.54, 1.807) is 24.3 Å². The number of likely N-dealkylation sites (tertiary alicyclic amines) is 1. The molecule has 2 unspecified atom stereocenters. The van der Waals surface area contributed by atoms with Gasteiger partial charge < -0.3 is 45.3 Å². The van der Waals surface area contributed by atoms with Crippen molar-refractivity contribution in [3.05, 3.63) is 42.3 Å². The first-order chi connectivity index (χ1) is 27.1. The monoisotopic (exact) mass is 804 g/mol. The number of aliphatic carboxylic acids is 1. The fourth-order valence-electron chi connectivity index (χ4n) is 8.11. The van der Waals surface area contributed by atoms with Crippen molar-refractivity contribution in [3.63, 3.8) is 0 Å². The van der Waals surface area contributed by atoms with Gasteiger partial charge in [0.05, 0.1) is 24.4 Å². The lowest BCUT2D eigenvalue weighted by Gasteiger charge is -2.35. The van der Waals surface area contributed by atoms with Crippen molar-refractivity contribution in [1.82, 2.24) is 25.5 Å². The number of carboxylic acids is 1. The number of anilines is 1. The summed E-state index contributed by atoms with van der Waals surface area (Å²) < 4.78 is 18.1. The summed E-state index contributed by atoms with van der Waals surface area (Å²) in [5.74, 6) is -0.685. The maximum Gasteiger partial charge on any atom is 0.408 e. The van der Waals surface area contributed by atoms with Gasteiger partial charge in [-0.15, -0.1) is 17.9 Å². The molecule has 0 spiro atoms. The minimum atomic E-state index is -1.53. The van der Waals surface area contributed by atoms with Gasteiger partial charge in [0.1, 0.15) is 53.6 Å². The topological polar surface area (TPSA) is 202 Å². The zero-order valence-corrected chi connectivity index (χ0v) is 33.8. The number of thiazole rings is 1. The lowest BCUT2D eigenvalue weighted by molar-refractivity contribution is -0.146. The molecule has 0 radical (unpaired) electrons. The summed E-state index contributed by atoms with van der Waals surface area (Å²) in [7, 11) is 0. The van der Waals surface area contributed by atoms with Gasteiger partial charge in [-0.25, -0.2) is 19.6 Å². The number of hydrogen-bond acceptors (Lipinski definition) is 12. The summed E-state index contributed by atoms with van der Waals surface area (Å²) in [6, 6.07) is 5.02. The Kier molecular flexibility index (Phi) is 11.1. The number of pyridine rings is 1. The fraction of sp³-hybridized carbons (Fsp3) is 0.561. The standard InChI is InChI=1S/C41H52N6O9S/c1-7-24-18-41(24,37(51)52)46-35(49)32-16-27(19-47(32)36(50)34(40(4,5)6)45-39(53)56-26-13-22-12-23(22)14-26)55-33-17-30(31-20-57-38(44-31)42-21(2)3)43-29-15-25(54-11-10-48)8-9-28(29)33/h7-9,15,17,20-24,26-27,32,34,48H,1,10-14,16,18-19H2,2-6H3,(H,42,44)(H,45,53)(H,46,49)(H,51,52)/t22-,23?,24+,26?,27-,32-,34-,41-/m0/s1. The second-order valence-corrected chi connectivity index (χ2v) is 17.9. The number of carbonyl (C=O) groups excluding carboxylic acids is 3. The minimum Gasteiger partial charge on any atom is -0.491 e. The van der Waals surface area contributed by atoms with Crippen LogP contribution in [0.3, 0.4) is 0 Å². The number of nitrogens with zero attached hydrogens (tertiary/aromatic N) is 3. The normalized spacial score (nSPS) is 26.7. The highest BCUT2D eigenvalue weighted by molar-refractivity contribution is 7.14. The summed E-state index contributed by atoms with van der Waals surface area (Å²) in [4.78, 5) is 65.5. The lowest BCUT2D eigenvalue weighted by atomic mass is 9.85. The van der Waals surface area contributed by atoms with Crippen LogP contribution < -0.4 is 25.4 Å². The number of carboxylic acid groups (broad SMARTS) is 1. The smallest absolute Gasteiger partial charge is 0.408 e. The van der Waals surface area contributed by atoms with Gasteiger partial charge in [-0.2, -0.15) is 0 Å². The van der Waals surface area contributed by atoms with Gasteiger partial charge in [-0.05, 0) is 68.9 Å². The van der Waals surface area contributed by atoms with Crippen LogP contribution in [-0.2, 0) is 19.1 Å². The molecule has 7 rings (SSSR count). The van der Waals surface area contributed by atoms with E-state index in [1.807, 2.05) is 40.0 Å². The first-order valence-corrected chi connectivity index (χ1v) is 20.5. The Morgan fingerprint density at radius 1 is 1.07 bits per heavy atom. The molecule has 8 atom stereocenters. The molecule has 1 aromatic carbocycles. The van der Waals surface area contributed by atoms with Crippen molar-refractivity contribution >= 4 is 51.2 Å². The second-order valence-electron chi connectivity index (χ2n) is 17.1. The average molecular weight is 805 g/mol. The van der Waals surface area contributed by atoms with Crippen molar-refractivity contribution in [2.45, 2.75) is 103 Å². The Morgan fingerprint density at radius 2 is 1.82 bits per heavy atom. The third-order valence-corrected chi connectivity index (χ3v) is 12.1. The number of benzene rings is 1. The zero-order chi connectivity index (χ0) is 40.8. The second kappa shape index (κ2) is 15.8. The van der Waals surface area contributed by atoms with Crippen molar-refractivity contribution in [2.24, 2.45) is 23.2 Å². The molecule has 3 saturated carbocycles. The molecule has 4 fully saturated rings. The highest BCUT2D eigenvalue weighted by atomic mass is 32.1. The number of aliphatic hydroxyl groups is 1. The number of carbonyl (C=O) groups is 4. The number of aromatic nitrogens is 2. The number of aliphatic hydroxyl groups excluding tert-OH is 1. The highest BCUT2D eigenvalue weighted by Gasteiger charge is 2.61. The van der Waals surface area contributed by atoms with Gasteiger partial charge in [0.2, 0.25) is 11.8 Å². The first-order valence-electron chi connectivity index (χ1n) is 19.6. The predicted octanol–water partition coefficient (Wildman–Crippen LogP) is 4.98. The molecule has 0 bridgehead atoms. The molecule has 4 aliphatic rings. The summed E-state index contributed by atoms with van der Waals surface area (Å²) in [5, 5.41) is 31.5. The molecule has 3 aliphatic carbocycles. The summed E-state index contributed by atoms with van der Waals surface area (Å²) in [6.07, 6.45) is 2.91. The molecule has 1 saturated heterocycles. The zero-order valence-electron chi connectivity index (χ0n) is 32.9. The van der Waals surface area contributed by atoms with Crippen molar-refractivity contribution in [3.8, 4) is 22.9 Å². The fourth-order valence-corrected chi connectivity index (χ4v) is 8.96. The van der Waals surface area contributed by atoms with E-state index in [0.29, 0.717) is 45.6 Å². The largest absolute Gasteiger partial charge is 0.491 e. The average Bonchev–Trinajstić information content (AvgIpc) is 3.82. The van der Waals surface area contributed by atoms with Crippen LogP contribution in [-0.4, -0.2) is 105 Å². The van der Waals surface area contributed by atoms with Crippen molar-refractivity contribution in [2.75, 3.05) is 25.1 Å². The molecule has 3 heterocycles. The van der Waals surface area contributed by atoms with E-state index in [1.165, 1.54) is 28.7 Å². The molecule has 57 heavy (non-hydrogen) atoms. The Morgan fingerprint density at radius 3 is 2.47 bits per heavy atom. The van der Waals surface area contributed by atoms with Gasteiger partial charge in [0.25, 0.3) is 0 Å². The maximum absolute atomic E-state index is 14.7. The summed E-state index contributed by atoms with van der Waals surface area (Å²) >= 11 is 1.44. The number of amides is 3. The third-order valence-electron chi connectivity index (χ3n) is 11.3. The molecule has 306 valence electrons. The SMILES string of the molecule is C=C[C@@H]1C[C@@]1(NC(=O)[C@@H]1C[C@H](Oc2cc(-c3csc(NC(C)C)n3)nc3cc(OCCO)ccc23)CN1C(=O)[C@H](NC(=O)OC1CC2C[C@H]2C1)C(C)(C)C)C(=O)O. The number of ether oxygens (including phenoxy) is 3. The maximum atomic E-state index is 14.7. The van der Waals surface area contributed by atoms with Crippen LogP contribution in [0.25, 0.3) is 22.3 Å². The van der Waals surface area contributed by atoms with Crippen LogP contribution in [0.1, 0.15) is 66.7 Å². The Bertz CT molecular complexity index is 2040. The molecular formula is C41H52N6O9S. The summed E-state index contributed by atoms with van der Waals surface area (Å²) in [6.45, 7) is 13.1.